The summed E-state index contributed by atoms with van der Waals surface area (Å²) in [5, 5.41) is 2.91. The number of amides is 1. The quantitative estimate of drug-likeness (QED) is 0.834. The van der Waals surface area contributed by atoms with Crippen molar-refractivity contribution in [3.8, 4) is 0 Å². The van der Waals surface area contributed by atoms with Gasteiger partial charge in [0.1, 0.15) is 4.99 Å². The Balaban J connectivity index is 1.94. The molecule has 5 heteroatoms. The maximum Gasteiger partial charge on any atom is 0.238 e. The Labute approximate surface area is 125 Å². The first-order valence-electron chi connectivity index (χ1n) is 7.00. The van der Waals surface area contributed by atoms with E-state index in [1.165, 1.54) is 19.3 Å². The van der Waals surface area contributed by atoms with Crippen LogP contribution in [-0.4, -0.2) is 34.9 Å². The molecule has 1 saturated heterocycles. The zero-order valence-electron chi connectivity index (χ0n) is 11.8. The summed E-state index contributed by atoms with van der Waals surface area (Å²) in [4.78, 5) is 14.7. The maximum absolute atomic E-state index is 12.1. The lowest BCUT2D eigenvalue weighted by Gasteiger charge is -2.32. The summed E-state index contributed by atoms with van der Waals surface area (Å²) in [6, 6.07) is 7.81. The molecular formula is C15H21N3OS. The highest BCUT2D eigenvalue weighted by Crippen LogP contribution is 2.16. The molecule has 1 aliphatic heterocycles. The van der Waals surface area contributed by atoms with Gasteiger partial charge in [-0.2, -0.15) is 0 Å². The fourth-order valence-corrected chi connectivity index (χ4v) is 2.65. The van der Waals surface area contributed by atoms with Crippen LogP contribution in [0.25, 0.3) is 0 Å². The van der Waals surface area contributed by atoms with Gasteiger partial charge in [0.05, 0.1) is 6.54 Å². The van der Waals surface area contributed by atoms with E-state index in [1.54, 1.807) is 6.07 Å². The van der Waals surface area contributed by atoms with Gasteiger partial charge in [0.2, 0.25) is 5.91 Å². The van der Waals surface area contributed by atoms with Gasteiger partial charge in [0.15, 0.2) is 0 Å². The molecule has 20 heavy (non-hydrogen) atoms. The fourth-order valence-electron chi connectivity index (χ4n) is 2.53. The molecule has 0 bridgehead atoms. The Morgan fingerprint density at radius 1 is 1.50 bits per heavy atom. The Bertz CT molecular complexity index is 504. The van der Waals surface area contributed by atoms with Crippen LogP contribution in [0.1, 0.15) is 31.7 Å². The van der Waals surface area contributed by atoms with Crippen molar-refractivity contribution in [3.05, 3.63) is 29.8 Å². The molecule has 1 fully saturated rings. The van der Waals surface area contributed by atoms with E-state index >= 15 is 0 Å². The number of hydrogen-bond donors (Lipinski definition) is 2. The molecular weight excluding hydrogens is 270 g/mol. The number of carbonyl (C=O) groups is 1. The van der Waals surface area contributed by atoms with Crippen LogP contribution in [0.15, 0.2) is 24.3 Å². The summed E-state index contributed by atoms with van der Waals surface area (Å²) in [6.45, 7) is 3.62. The number of anilines is 1. The molecule has 2 rings (SSSR count). The molecule has 3 N–H and O–H groups in total. The standard InChI is InChI=1S/C15H21N3OS/c1-11-5-2-3-8-18(11)10-14(19)17-13-7-4-6-12(9-13)15(16)20/h4,6-7,9,11H,2-3,5,8,10H2,1H3,(H2,16,20)(H,17,19). The van der Waals surface area contributed by atoms with Crippen LogP contribution in [0.4, 0.5) is 5.69 Å². The van der Waals surface area contributed by atoms with Crippen molar-refractivity contribution in [1.82, 2.24) is 4.90 Å². The predicted molar refractivity (Wildman–Crippen MR) is 85.8 cm³/mol. The van der Waals surface area contributed by atoms with Gasteiger partial charge in [-0.3, -0.25) is 9.69 Å². The molecule has 1 atom stereocenters. The summed E-state index contributed by atoms with van der Waals surface area (Å²) in [7, 11) is 0. The average molecular weight is 291 g/mol. The molecule has 0 radical (unpaired) electrons. The van der Waals surface area contributed by atoms with Gasteiger partial charge in [-0.15, -0.1) is 0 Å². The van der Waals surface area contributed by atoms with Gasteiger partial charge in [0, 0.05) is 17.3 Å². The number of likely N-dealkylation sites (tertiary alicyclic amines) is 1. The van der Waals surface area contributed by atoms with E-state index in [9.17, 15) is 4.79 Å². The van der Waals surface area contributed by atoms with E-state index in [-0.39, 0.29) is 5.91 Å². The van der Waals surface area contributed by atoms with Crippen molar-refractivity contribution in [2.24, 2.45) is 5.73 Å². The summed E-state index contributed by atoms with van der Waals surface area (Å²) in [6.07, 6.45) is 3.61. The Hall–Kier alpha value is -1.46. The number of benzene rings is 1. The largest absolute Gasteiger partial charge is 0.389 e. The summed E-state index contributed by atoms with van der Waals surface area (Å²) >= 11 is 4.94. The highest BCUT2D eigenvalue weighted by atomic mass is 32.1. The van der Waals surface area contributed by atoms with Crippen molar-refractivity contribution >= 4 is 28.8 Å². The molecule has 0 saturated carbocycles. The first-order valence-corrected chi connectivity index (χ1v) is 7.41. The molecule has 1 heterocycles. The van der Waals surface area contributed by atoms with Crippen LogP contribution in [-0.2, 0) is 4.79 Å². The highest BCUT2D eigenvalue weighted by Gasteiger charge is 2.20. The zero-order valence-corrected chi connectivity index (χ0v) is 12.6. The van der Waals surface area contributed by atoms with Gasteiger partial charge in [-0.1, -0.05) is 30.8 Å². The lowest BCUT2D eigenvalue weighted by atomic mass is 10.0. The third kappa shape index (κ3) is 4.02. The van der Waals surface area contributed by atoms with Crippen LogP contribution in [0.2, 0.25) is 0 Å². The fraction of sp³-hybridized carbons (Fsp3) is 0.467. The van der Waals surface area contributed by atoms with E-state index in [4.69, 9.17) is 18.0 Å². The monoisotopic (exact) mass is 291 g/mol. The second kappa shape index (κ2) is 6.81. The number of rotatable bonds is 4. The number of nitrogens with zero attached hydrogens (tertiary/aromatic N) is 1. The maximum atomic E-state index is 12.1. The lowest BCUT2D eigenvalue weighted by Crippen LogP contribution is -2.42. The number of thiocarbonyl (C=S) groups is 1. The van der Waals surface area contributed by atoms with E-state index in [1.807, 2.05) is 18.2 Å². The van der Waals surface area contributed by atoms with Crippen molar-refractivity contribution in [2.75, 3.05) is 18.4 Å². The molecule has 4 nitrogen and oxygen atoms in total. The third-order valence-corrected chi connectivity index (χ3v) is 3.95. The molecule has 1 amide bonds. The van der Waals surface area contributed by atoms with E-state index in [0.29, 0.717) is 17.6 Å². The summed E-state index contributed by atoms with van der Waals surface area (Å²) in [5.41, 5.74) is 7.10. The Morgan fingerprint density at radius 3 is 3.00 bits per heavy atom. The number of piperidine rings is 1. The van der Waals surface area contributed by atoms with Gasteiger partial charge in [0.25, 0.3) is 0 Å². The predicted octanol–water partition coefficient (Wildman–Crippen LogP) is 2.13. The molecule has 1 aliphatic rings. The van der Waals surface area contributed by atoms with Crippen LogP contribution >= 0.6 is 12.2 Å². The Morgan fingerprint density at radius 2 is 2.30 bits per heavy atom. The van der Waals surface area contributed by atoms with Crippen molar-refractivity contribution in [1.29, 1.82) is 0 Å². The average Bonchev–Trinajstić information content (AvgIpc) is 2.41. The first kappa shape index (κ1) is 14.9. The number of hydrogen-bond acceptors (Lipinski definition) is 3. The molecule has 1 unspecified atom stereocenters. The van der Waals surface area contributed by atoms with Gasteiger partial charge < -0.3 is 11.1 Å². The number of nitrogens with one attached hydrogen (secondary N) is 1. The second-order valence-electron chi connectivity index (χ2n) is 5.31. The van der Waals surface area contributed by atoms with Crippen LogP contribution in [0.3, 0.4) is 0 Å². The zero-order chi connectivity index (χ0) is 14.5. The van der Waals surface area contributed by atoms with Crippen molar-refractivity contribution < 1.29 is 4.79 Å². The lowest BCUT2D eigenvalue weighted by molar-refractivity contribution is -0.118. The van der Waals surface area contributed by atoms with Crippen LogP contribution < -0.4 is 11.1 Å². The molecule has 0 aliphatic carbocycles. The van der Waals surface area contributed by atoms with E-state index < -0.39 is 0 Å². The van der Waals surface area contributed by atoms with Gasteiger partial charge in [-0.25, -0.2) is 0 Å². The number of carbonyl (C=O) groups excluding carboxylic acids is 1. The van der Waals surface area contributed by atoms with Crippen LogP contribution in [0, 0.1) is 0 Å². The molecule has 1 aromatic rings. The smallest absolute Gasteiger partial charge is 0.238 e. The molecule has 108 valence electrons. The minimum atomic E-state index is 0.0128. The molecule has 0 spiro atoms. The van der Waals surface area contributed by atoms with Crippen LogP contribution in [0.5, 0.6) is 0 Å². The van der Waals surface area contributed by atoms with Crippen molar-refractivity contribution in [2.45, 2.75) is 32.2 Å². The second-order valence-corrected chi connectivity index (χ2v) is 5.75. The van der Waals surface area contributed by atoms with Crippen molar-refractivity contribution in [3.63, 3.8) is 0 Å². The van der Waals surface area contributed by atoms with Gasteiger partial charge >= 0.3 is 0 Å². The van der Waals surface area contributed by atoms with E-state index in [2.05, 4.69) is 17.1 Å². The Kier molecular flexibility index (Phi) is 5.09. The topological polar surface area (TPSA) is 58.4 Å². The summed E-state index contributed by atoms with van der Waals surface area (Å²) < 4.78 is 0. The SMILES string of the molecule is CC1CCCCN1CC(=O)Nc1cccc(C(N)=S)c1. The molecule has 0 aromatic heterocycles. The minimum Gasteiger partial charge on any atom is -0.389 e. The third-order valence-electron chi connectivity index (χ3n) is 3.72. The van der Waals surface area contributed by atoms with E-state index in [0.717, 1.165) is 17.8 Å². The molecule has 1 aromatic carbocycles. The summed E-state index contributed by atoms with van der Waals surface area (Å²) in [5.74, 6) is 0.0128. The normalized spacial score (nSPS) is 19.6. The highest BCUT2D eigenvalue weighted by molar-refractivity contribution is 7.80. The number of nitrogens with two attached hydrogens (primary N) is 1. The minimum absolute atomic E-state index is 0.0128. The van der Waals surface area contributed by atoms with Gasteiger partial charge in [-0.05, 0) is 38.4 Å². The first-order chi connectivity index (χ1) is 9.56.